The second kappa shape index (κ2) is 6.81. The first-order chi connectivity index (χ1) is 12.1. The monoisotopic (exact) mass is 340 g/mol. The van der Waals surface area contributed by atoms with E-state index in [4.69, 9.17) is 4.74 Å². The quantitative estimate of drug-likeness (QED) is 0.860. The number of hydrogen-bond acceptors (Lipinski definition) is 4. The molecule has 1 aromatic carbocycles. The van der Waals surface area contributed by atoms with Crippen LogP contribution in [0.3, 0.4) is 0 Å². The number of morpholine rings is 1. The van der Waals surface area contributed by atoms with Gasteiger partial charge in [-0.05, 0) is 37.5 Å². The van der Waals surface area contributed by atoms with Gasteiger partial charge in [0, 0.05) is 57.2 Å². The molecule has 1 atom stereocenters. The molecule has 0 saturated carbocycles. The molecule has 0 unspecified atom stereocenters. The predicted molar refractivity (Wildman–Crippen MR) is 99.8 cm³/mol. The van der Waals surface area contributed by atoms with Gasteiger partial charge in [0.25, 0.3) is 0 Å². The molecule has 2 fully saturated rings. The van der Waals surface area contributed by atoms with Crippen molar-refractivity contribution in [3.63, 3.8) is 0 Å². The van der Waals surface area contributed by atoms with E-state index in [0.29, 0.717) is 0 Å². The summed E-state index contributed by atoms with van der Waals surface area (Å²) < 4.78 is 8.24. The van der Waals surface area contributed by atoms with Crippen LogP contribution in [0.4, 0.5) is 5.69 Å². The third-order valence-corrected chi connectivity index (χ3v) is 5.40. The van der Waals surface area contributed by atoms with E-state index in [1.807, 2.05) is 17.9 Å². The molecule has 4 rings (SSSR count). The lowest BCUT2D eigenvalue weighted by Gasteiger charge is -2.48. The van der Waals surface area contributed by atoms with Crippen LogP contribution in [0.5, 0.6) is 0 Å². The normalized spacial score (nSPS) is 24.8. The van der Waals surface area contributed by atoms with Crippen molar-refractivity contribution in [3.8, 4) is 0 Å². The van der Waals surface area contributed by atoms with Gasteiger partial charge in [0.1, 0.15) is 0 Å². The molecule has 25 heavy (non-hydrogen) atoms. The smallest absolute Gasteiger partial charge is 0.0983 e. The Morgan fingerprint density at radius 1 is 1.24 bits per heavy atom. The summed E-state index contributed by atoms with van der Waals surface area (Å²) in [7, 11) is 1.98. The van der Waals surface area contributed by atoms with Crippen LogP contribution in [-0.4, -0.2) is 53.1 Å². The summed E-state index contributed by atoms with van der Waals surface area (Å²) in [4.78, 5) is 5.03. The van der Waals surface area contributed by atoms with Gasteiger partial charge in [0.05, 0.1) is 18.4 Å². The van der Waals surface area contributed by atoms with Gasteiger partial charge in [-0.25, -0.2) is 0 Å². The number of benzene rings is 1. The molecule has 0 aliphatic carbocycles. The molecular formula is C20H28N4O. The largest absolute Gasteiger partial charge is 0.370 e. The Morgan fingerprint density at radius 3 is 2.96 bits per heavy atom. The van der Waals surface area contributed by atoms with Crippen LogP contribution >= 0.6 is 0 Å². The van der Waals surface area contributed by atoms with Crippen molar-refractivity contribution in [2.75, 3.05) is 37.7 Å². The Hall–Kier alpha value is -1.85. The maximum absolute atomic E-state index is 6.36. The van der Waals surface area contributed by atoms with E-state index in [1.165, 1.54) is 23.2 Å². The number of rotatable bonds is 3. The van der Waals surface area contributed by atoms with Gasteiger partial charge >= 0.3 is 0 Å². The average molecular weight is 340 g/mol. The molecule has 1 spiro atoms. The summed E-state index contributed by atoms with van der Waals surface area (Å²) in [5.41, 5.74) is 3.89. The van der Waals surface area contributed by atoms with Gasteiger partial charge in [-0.1, -0.05) is 12.1 Å². The fraction of sp³-hybridized carbons (Fsp3) is 0.550. The minimum absolute atomic E-state index is 0.0392. The van der Waals surface area contributed by atoms with Gasteiger partial charge in [-0.3, -0.25) is 9.58 Å². The van der Waals surface area contributed by atoms with Crippen molar-refractivity contribution in [1.29, 1.82) is 0 Å². The lowest BCUT2D eigenvalue weighted by atomic mass is 9.90. The standard InChI is InChI=1S/C20H28N4O/c1-17-5-3-6-19(11-17)24-8-4-7-20(16-24)15-23(9-10-25-20)14-18-12-21-22(2)13-18/h3,5-6,11-13H,4,7-10,14-16H2,1-2H3/t20-/m1/s1. The van der Waals surface area contributed by atoms with Gasteiger partial charge in [-0.2, -0.15) is 5.10 Å². The van der Waals surface area contributed by atoms with Gasteiger partial charge < -0.3 is 9.64 Å². The van der Waals surface area contributed by atoms with E-state index in [0.717, 1.165) is 45.8 Å². The minimum Gasteiger partial charge on any atom is -0.370 e. The highest BCUT2D eigenvalue weighted by Crippen LogP contribution is 2.32. The highest BCUT2D eigenvalue weighted by molar-refractivity contribution is 5.49. The number of hydrogen-bond donors (Lipinski definition) is 0. The van der Waals surface area contributed by atoms with Crippen LogP contribution in [0.15, 0.2) is 36.7 Å². The molecule has 2 aliphatic rings. The molecule has 2 aliphatic heterocycles. The molecule has 0 bridgehead atoms. The molecule has 1 aromatic heterocycles. The summed E-state index contributed by atoms with van der Waals surface area (Å²) in [6, 6.07) is 8.83. The van der Waals surface area contributed by atoms with Crippen LogP contribution in [0.1, 0.15) is 24.0 Å². The fourth-order valence-electron chi connectivity index (χ4n) is 4.26. The van der Waals surface area contributed by atoms with E-state index >= 15 is 0 Å². The molecule has 2 saturated heterocycles. The summed E-state index contributed by atoms with van der Waals surface area (Å²) in [5.74, 6) is 0. The van der Waals surface area contributed by atoms with Crippen molar-refractivity contribution < 1.29 is 4.74 Å². The topological polar surface area (TPSA) is 33.5 Å². The molecule has 134 valence electrons. The third-order valence-electron chi connectivity index (χ3n) is 5.40. The first kappa shape index (κ1) is 16.6. The Labute approximate surface area is 150 Å². The van der Waals surface area contributed by atoms with Crippen LogP contribution < -0.4 is 4.90 Å². The van der Waals surface area contributed by atoms with Crippen LogP contribution in [0.25, 0.3) is 0 Å². The van der Waals surface area contributed by atoms with Crippen molar-refractivity contribution in [3.05, 3.63) is 47.8 Å². The number of anilines is 1. The molecule has 5 nitrogen and oxygen atoms in total. The van der Waals surface area contributed by atoms with Gasteiger partial charge in [0.2, 0.25) is 0 Å². The summed E-state index contributed by atoms with van der Waals surface area (Å²) >= 11 is 0. The Kier molecular flexibility index (Phi) is 4.52. The van der Waals surface area contributed by atoms with Gasteiger partial charge in [0.15, 0.2) is 0 Å². The molecule has 0 amide bonds. The van der Waals surface area contributed by atoms with Crippen LogP contribution in [-0.2, 0) is 18.3 Å². The maximum Gasteiger partial charge on any atom is 0.0983 e. The predicted octanol–water partition coefficient (Wildman–Crippen LogP) is 2.60. The molecule has 3 heterocycles. The fourth-order valence-corrected chi connectivity index (χ4v) is 4.26. The molecule has 0 N–H and O–H groups in total. The zero-order valence-electron chi connectivity index (χ0n) is 15.3. The summed E-state index contributed by atoms with van der Waals surface area (Å²) in [5, 5.41) is 4.30. The zero-order chi connectivity index (χ0) is 17.3. The Morgan fingerprint density at radius 2 is 2.16 bits per heavy atom. The first-order valence-electron chi connectivity index (χ1n) is 9.27. The number of piperidine rings is 1. The summed E-state index contributed by atoms with van der Waals surface area (Å²) in [6.45, 7) is 8.06. The van der Waals surface area contributed by atoms with E-state index in [2.05, 4.69) is 52.3 Å². The minimum atomic E-state index is -0.0392. The lowest BCUT2D eigenvalue weighted by Crippen LogP contribution is -2.59. The molecule has 0 radical (unpaired) electrons. The number of aryl methyl sites for hydroxylation is 2. The van der Waals surface area contributed by atoms with Crippen molar-refractivity contribution >= 4 is 5.69 Å². The summed E-state index contributed by atoms with van der Waals surface area (Å²) in [6.07, 6.45) is 6.43. The van der Waals surface area contributed by atoms with E-state index in [1.54, 1.807) is 0 Å². The van der Waals surface area contributed by atoms with E-state index in [9.17, 15) is 0 Å². The average Bonchev–Trinajstić information content (AvgIpc) is 3.00. The maximum atomic E-state index is 6.36. The molecule has 2 aromatic rings. The number of aromatic nitrogens is 2. The highest BCUT2D eigenvalue weighted by atomic mass is 16.5. The zero-order valence-corrected chi connectivity index (χ0v) is 15.3. The van der Waals surface area contributed by atoms with E-state index < -0.39 is 0 Å². The van der Waals surface area contributed by atoms with Crippen molar-refractivity contribution in [2.24, 2.45) is 7.05 Å². The SMILES string of the molecule is Cc1cccc(N2CCC[C@@]3(CN(Cc4cnn(C)c4)CCO3)C2)c1. The van der Waals surface area contributed by atoms with Gasteiger partial charge in [-0.15, -0.1) is 0 Å². The highest BCUT2D eigenvalue weighted by Gasteiger charge is 2.40. The van der Waals surface area contributed by atoms with E-state index in [-0.39, 0.29) is 5.60 Å². The van der Waals surface area contributed by atoms with Crippen LogP contribution in [0, 0.1) is 6.92 Å². The first-order valence-corrected chi connectivity index (χ1v) is 9.27. The Balaban J connectivity index is 1.46. The number of nitrogens with zero attached hydrogens (tertiary/aromatic N) is 4. The third kappa shape index (κ3) is 3.72. The second-order valence-electron chi connectivity index (χ2n) is 7.63. The van der Waals surface area contributed by atoms with Crippen molar-refractivity contribution in [1.82, 2.24) is 14.7 Å². The molecular weight excluding hydrogens is 312 g/mol. The second-order valence-corrected chi connectivity index (χ2v) is 7.63. The molecule has 5 heteroatoms. The van der Waals surface area contributed by atoms with Crippen LogP contribution in [0.2, 0.25) is 0 Å². The lowest BCUT2D eigenvalue weighted by molar-refractivity contribution is -0.116. The van der Waals surface area contributed by atoms with Crippen molar-refractivity contribution in [2.45, 2.75) is 31.9 Å². The Bertz CT molecular complexity index is 724. The number of ether oxygens (including phenoxy) is 1.